The van der Waals surface area contributed by atoms with Crippen LogP contribution in [0.5, 0.6) is 0 Å². The number of carbonyl (C=O) groups is 3. The van der Waals surface area contributed by atoms with E-state index in [1.807, 2.05) is 48.7 Å². The quantitative estimate of drug-likeness (QED) is 0.188. The Labute approximate surface area is 348 Å². The molecule has 3 rings (SSSR count). The molecule has 3 aliphatic rings. The van der Waals surface area contributed by atoms with Gasteiger partial charge in [0.2, 0.25) is 17.7 Å². The number of methoxy groups -OCH3 is 1. The highest BCUT2D eigenvalue weighted by Crippen LogP contribution is 2.40. The van der Waals surface area contributed by atoms with Crippen LogP contribution in [0, 0.1) is 23.7 Å². The summed E-state index contributed by atoms with van der Waals surface area (Å²) in [5.41, 5.74) is -2.50. The highest BCUT2D eigenvalue weighted by Gasteiger charge is 2.51. The van der Waals surface area contributed by atoms with Crippen molar-refractivity contribution in [1.29, 1.82) is 0 Å². The van der Waals surface area contributed by atoms with E-state index in [1.165, 1.54) is 0 Å². The smallest absolute Gasteiger partial charge is 0.225 e. The zero-order chi connectivity index (χ0) is 43.7. The van der Waals surface area contributed by atoms with Crippen molar-refractivity contribution in [2.75, 3.05) is 47.9 Å². The molecule has 3 heterocycles. The fraction of sp³-hybridized carbons (Fsp3) is 0.930. The minimum absolute atomic E-state index is 0.0247. The summed E-state index contributed by atoms with van der Waals surface area (Å²) >= 11 is 0. The molecule has 3 fully saturated rings. The van der Waals surface area contributed by atoms with Crippen molar-refractivity contribution < 1.29 is 53.0 Å². The second-order valence-corrected chi connectivity index (χ2v) is 18.7. The molecule has 15 nitrogen and oxygen atoms in total. The number of aliphatic hydroxyl groups excluding tert-OH is 1. The molecule has 0 radical (unpaired) electrons. The Kier molecular flexibility index (Phi) is 19.3. The number of hydrogen-bond acceptors (Lipinski definition) is 12. The van der Waals surface area contributed by atoms with Crippen molar-refractivity contribution >= 4 is 17.7 Å². The van der Waals surface area contributed by atoms with Gasteiger partial charge < -0.3 is 59.1 Å². The van der Waals surface area contributed by atoms with Crippen molar-refractivity contribution in [3.05, 3.63) is 0 Å². The summed E-state index contributed by atoms with van der Waals surface area (Å²) in [5.74, 6) is -1.78. The van der Waals surface area contributed by atoms with E-state index in [1.54, 1.807) is 39.8 Å². The molecule has 0 saturated carbocycles. The Morgan fingerprint density at radius 2 is 1.74 bits per heavy atom. The number of carbonyl (C=O) groups excluding carboxylic acids is 3. The van der Waals surface area contributed by atoms with Crippen LogP contribution in [0.4, 0.5) is 0 Å². The third-order valence-electron chi connectivity index (χ3n) is 12.4. The first kappa shape index (κ1) is 50.4. The van der Waals surface area contributed by atoms with E-state index in [0.717, 1.165) is 0 Å². The average Bonchev–Trinajstić information content (AvgIpc) is 3.13. The lowest BCUT2D eigenvalue weighted by molar-refractivity contribution is -0.320. The second kappa shape index (κ2) is 22.2. The van der Waals surface area contributed by atoms with E-state index >= 15 is 0 Å². The van der Waals surface area contributed by atoms with E-state index in [2.05, 4.69) is 29.4 Å². The highest BCUT2D eigenvalue weighted by molar-refractivity contribution is 5.81. The molecular formula is C43H80N4O11. The zero-order valence-corrected chi connectivity index (χ0v) is 38.1. The fourth-order valence-corrected chi connectivity index (χ4v) is 9.15. The number of amides is 3. The van der Waals surface area contributed by atoms with Gasteiger partial charge in [-0.2, -0.15) is 0 Å². The van der Waals surface area contributed by atoms with Crippen LogP contribution in [0.2, 0.25) is 0 Å². The van der Waals surface area contributed by atoms with Crippen LogP contribution in [-0.4, -0.2) is 158 Å². The van der Waals surface area contributed by atoms with Crippen LogP contribution < -0.4 is 10.6 Å². The van der Waals surface area contributed by atoms with Crippen molar-refractivity contribution in [2.45, 2.75) is 187 Å². The van der Waals surface area contributed by atoms with Crippen molar-refractivity contribution in [1.82, 2.24) is 20.4 Å². The molecule has 3 amide bonds. The number of aliphatic hydroxyl groups is 2. The van der Waals surface area contributed by atoms with Gasteiger partial charge in [-0.15, -0.1) is 0 Å². The van der Waals surface area contributed by atoms with Gasteiger partial charge in [-0.05, 0) is 79.3 Å². The molecule has 3 saturated heterocycles. The van der Waals surface area contributed by atoms with Gasteiger partial charge in [0.05, 0.1) is 41.5 Å². The van der Waals surface area contributed by atoms with Crippen LogP contribution in [-0.2, 0) is 42.8 Å². The van der Waals surface area contributed by atoms with Gasteiger partial charge in [-0.3, -0.25) is 14.4 Å². The van der Waals surface area contributed by atoms with E-state index in [0.29, 0.717) is 45.4 Å². The van der Waals surface area contributed by atoms with Gasteiger partial charge in [0, 0.05) is 71.1 Å². The topological polar surface area (TPSA) is 178 Å². The van der Waals surface area contributed by atoms with E-state index in [4.69, 9.17) is 28.4 Å². The molecule has 0 bridgehead atoms. The molecule has 58 heavy (non-hydrogen) atoms. The molecule has 4 N–H and O–H groups in total. The summed E-state index contributed by atoms with van der Waals surface area (Å²) in [6, 6.07) is -0.498. The first-order valence-corrected chi connectivity index (χ1v) is 21.7. The van der Waals surface area contributed by atoms with Crippen LogP contribution in [0.1, 0.15) is 114 Å². The summed E-state index contributed by atoms with van der Waals surface area (Å²) in [6.45, 7) is 20.1. The van der Waals surface area contributed by atoms with Gasteiger partial charge in [-0.25, -0.2) is 0 Å². The maximum atomic E-state index is 14.4. The Bertz CT molecular complexity index is 1300. The number of ether oxygens (including phenoxy) is 6. The van der Waals surface area contributed by atoms with E-state index in [9.17, 15) is 24.6 Å². The summed E-state index contributed by atoms with van der Waals surface area (Å²) in [7, 11) is 7.29. The second-order valence-electron chi connectivity index (χ2n) is 18.7. The van der Waals surface area contributed by atoms with Crippen molar-refractivity contribution in [3.63, 3.8) is 0 Å². The summed E-state index contributed by atoms with van der Waals surface area (Å²) in [4.78, 5) is 43.7. The third-order valence-corrected chi connectivity index (χ3v) is 12.4. The molecule has 1 unspecified atom stereocenters. The Balaban J connectivity index is 2.13. The SMILES string of the molecule is CCC(=O)NCCCO[C@H]1[C@H](O[C@@H]2[C@@H](C)[C@H](O[C@H]3C[C@@](C)(OC)[C@@H](O)[C@H](C)O3)C(C)C(=O)N[C@@H](CC(C)C)CC(=O)N(C)C[C@H](C)C[C@@]2(C)O)O[C@H](C)C[C@@H]1N(C)C. The summed E-state index contributed by atoms with van der Waals surface area (Å²) in [5, 5.41) is 29.8. The number of hydrogen-bond donors (Lipinski definition) is 4. The lowest BCUT2D eigenvalue weighted by Gasteiger charge is -2.49. The predicted octanol–water partition coefficient (Wildman–Crippen LogP) is 3.47. The first-order valence-electron chi connectivity index (χ1n) is 21.7. The number of rotatable bonds is 14. The summed E-state index contributed by atoms with van der Waals surface area (Å²) in [6.07, 6.45) is -3.09. The van der Waals surface area contributed by atoms with Crippen LogP contribution in [0.15, 0.2) is 0 Å². The van der Waals surface area contributed by atoms with Gasteiger partial charge in [0.25, 0.3) is 0 Å². The Morgan fingerprint density at radius 1 is 1.07 bits per heavy atom. The number of likely N-dealkylation sites (N-methyl/N-ethyl adjacent to an activating group) is 1. The highest BCUT2D eigenvalue weighted by atomic mass is 16.7. The molecule has 0 aromatic rings. The molecule has 338 valence electrons. The van der Waals surface area contributed by atoms with Gasteiger partial charge in [0.15, 0.2) is 12.6 Å². The number of nitrogens with zero attached hydrogens (tertiary/aromatic N) is 2. The minimum atomic E-state index is -1.52. The molecule has 0 aliphatic carbocycles. The average molecular weight is 829 g/mol. The van der Waals surface area contributed by atoms with Gasteiger partial charge in [-0.1, -0.05) is 41.5 Å². The summed E-state index contributed by atoms with van der Waals surface area (Å²) < 4.78 is 39.1. The molecule has 3 aliphatic heterocycles. The standard InChI is InChI=1S/C43H80N4O11/c1-15-33(48)44-17-16-18-54-37-32(46(11)12)20-27(5)55-41(37)58-39-28(6)36(57-35-23-43(10,53-14)38(50)30(8)56-35)29(7)40(51)45-31(19-25(2)3)21-34(49)47(13)24-26(4)22-42(39,9)52/h25-32,35-39,41,50,52H,15-24H2,1-14H3,(H,44,48)(H,45,51)/t26-,27-,28+,29?,30+,31+,32+,35+,36+,37-,38+,39-,41+,42-,43-/m1/s1. The van der Waals surface area contributed by atoms with Crippen LogP contribution in [0.3, 0.4) is 0 Å². The monoisotopic (exact) mass is 829 g/mol. The Morgan fingerprint density at radius 3 is 2.34 bits per heavy atom. The molecule has 0 aromatic carbocycles. The van der Waals surface area contributed by atoms with Gasteiger partial charge >= 0.3 is 0 Å². The maximum absolute atomic E-state index is 14.4. The largest absolute Gasteiger partial charge is 0.387 e. The zero-order valence-electron chi connectivity index (χ0n) is 38.1. The molecule has 0 spiro atoms. The molecular weight excluding hydrogens is 748 g/mol. The molecule has 15 atom stereocenters. The van der Waals surface area contributed by atoms with Crippen LogP contribution in [0.25, 0.3) is 0 Å². The first-order chi connectivity index (χ1) is 27.0. The molecule has 0 aromatic heterocycles. The minimum Gasteiger partial charge on any atom is -0.387 e. The Hall–Kier alpha value is -1.95. The molecule has 15 heteroatoms. The normalized spacial score (nSPS) is 40.0. The van der Waals surface area contributed by atoms with Crippen molar-refractivity contribution in [3.8, 4) is 0 Å². The predicted molar refractivity (Wildman–Crippen MR) is 221 cm³/mol. The third kappa shape index (κ3) is 13.8. The van der Waals surface area contributed by atoms with E-state index in [-0.39, 0.29) is 61.0 Å². The lowest BCUT2D eigenvalue weighted by atomic mass is 9.77. The maximum Gasteiger partial charge on any atom is 0.225 e. The van der Waals surface area contributed by atoms with Crippen LogP contribution >= 0.6 is 0 Å². The fourth-order valence-electron chi connectivity index (χ4n) is 9.15. The van der Waals surface area contributed by atoms with Gasteiger partial charge in [0.1, 0.15) is 12.2 Å². The van der Waals surface area contributed by atoms with E-state index < -0.39 is 72.2 Å². The number of nitrogens with one attached hydrogen (secondary N) is 2. The van der Waals surface area contributed by atoms with Crippen molar-refractivity contribution in [2.24, 2.45) is 23.7 Å². The lowest BCUT2D eigenvalue weighted by Crippen LogP contribution is -2.61.